The van der Waals surface area contributed by atoms with Crippen LogP contribution in [0.1, 0.15) is 29.9 Å². The number of fused-ring (bicyclic) bond motifs is 1. The Balaban J connectivity index is 0.000000151. The molecule has 4 nitrogen and oxygen atoms in total. The van der Waals surface area contributed by atoms with Gasteiger partial charge in [-0.1, -0.05) is 17.7 Å². The molecular weight excluding hydrogens is 322 g/mol. The van der Waals surface area contributed by atoms with E-state index in [2.05, 4.69) is 10.1 Å². The van der Waals surface area contributed by atoms with E-state index in [1.807, 2.05) is 6.07 Å². The molecule has 0 atom stereocenters. The zero-order valence-electron chi connectivity index (χ0n) is 11.9. The molecule has 0 amide bonds. The zero-order valence-corrected chi connectivity index (χ0v) is 12.6. The molecule has 2 heterocycles. The minimum atomic E-state index is -0.468. The summed E-state index contributed by atoms with van der Waals surface area (Å²) in [5.41, 5.74) is 1.96. The normalized spacial score (nSPS) is 13.3. The van der Waals surface area contributed by atoms with Gasteiger partial charge in [0.2, 0.25) is 5.95 Å². The second kappa shape index (κ2) is 6.31. The fourth-order valence-electron chi connectivity index (χ4n) is 2.19. The summed E-state index contributed by atoms with van der Waals surface area (Å²) >= 11 is 5.80. The second-order valence-electron chi connectivity index (χ2n) is 5.14. The van der Waals surface area contributed by atoms with Gasteiger partial charge in [-0.2, -0.15) is 19.3 Å². The van der Waals surface area contributed by atoms with Crippen LogP contribution in [0.25, 0.3) is 5.65 Å². The molecule has 4 rings (SSSR count). The number of imidazole rings is 1. The van der Waals surface area contributed by atoms with Crippen LogP contribution in [0, 0.1) is 23.1 Å². The SMILES string of the molecule is Fc1cnc2c(C3CC3)cc(Cl)nn12.N#Cc1cccc(F)c1. The fourth-order valence-corrected chi connectivity index (χ4v) is 2.38. The van der Waals surface area contributed by atoms with Gasteiger partial charge in [0.1, 0.15) is 5.82 Å². The van der Waals surface area contributed by atoms with Crippen molar-refractivity contribution < 1.29 is 8.78 Å². The van der Waals surface area contributed by atoms with Gasteiger partial charge in [-0.15, -0.1) is 0 Å². The maximum absolute atomic E-state index is 13.2. The molecular formula is C16H11ClF2N4. The number of hydrogen-bond acceptors (Lipinski definition) is 3. The molecule has 0 spiro atoms. The Bertz CT molecular complexity index is 897. The summed E-state index contributed by atoms with van der Waals surface area (Å²) in [5, 5.41) is 12.4. The van der Waals surface area contributed by atoms with E-state index in [1.54, 1.807) is 12.1 Å². The Morgan fingerprint density at radius 3 is 2.65 bits per heavy atom. The summed E-state index contributed by atoms with van der Waals surface area (Å²) < 4.78 is 26.5. The molecule has 1 saturated carbocycles. The highest BCUT2D eigenvalue weighted by molar-refractivity contribution is 6.29. The van der Waals surface area contributed by atoms with E-state index in [1.165, 1.54) is 24.4 Å². The van der Waals surface area contributed by atoms with Crippen molar-refractivity contribution in [2.75, 3.05) is 0 Å². The molecule has 23 heavy (non-hydrogen) atoms. The van der Waals surface area contributed by atoms with Gasteiger partial charge < -0.3 is 0 Å². The topological polar surface area (TPSA) is 54.0 Å². The monoisotopic (exact) mass is 332 g/mol. The Morgan fingerprint density at radius 1 is 1.26 bits per heavy atom. The number of benzene rings is 1. The van der Waals surface area contributed by atoms with Crippen molar-refractivity contribution in [2.45, 2.75) is 18.8 Å². The minimum Gasteiger partial charge on any atom is -0.232 e. The highest BCUT2D eigenvalue weighted by Crippen LogP contribution is 2.42. The zero-order chi connectivity index (χ0) is 16.4. The molecule has 0 unspecified atom stereocenters. The van der Waals surface area contributed by atoms with E-state index >= 15 is 0 Å². The Kier molecular flexibility index (Phi) is 4.22. The molecule has 1 aliphatic carbocycles. The third-order valence-electron chi connectivity index (χ3n) is 3.40. The van der Waals surface area contributed by atoms with Crippen molar-refractivity contribution in [3.05, 3.63) is 64.6 Å². The lowest BCUT2D eigenvalue weighted by molar-refractivity contribution is 0.548. The molecule has 1 fully saturated rings. The van der Waals surface area contributed by atoms with Gasteiger partial charge in [-0.25, -0.2) is 9.37 Å². The number of hydrogen-bond donors (Lipinski definition) is 0. The van der Waals surface area contributed by atoms with Crippen molar-refractivity contribution in [3.8, 4) is 6.07 Å². The quantitative estimate of drug-likeness (QED) is 0.674. The second-order valence-corrected chi connectivity index (χ2v) is 5.52. The van der Waals surface area contributed by atoms with E-state index in [9.17, 15) is 8.78 Å². The Morgan fingerprint density at radius 2 is 2.04 bits per heavy atom. The number of nitrogens with zero attached hydrogens (tertiary/aromatic N) is 4. The van der Waals surface area contributed by atoms with Crippen LogP contribution in [0.3, 0.4) is 0 Å². The van der Waals surface area contributed by atoms with Crippen molar-refractivity contribution >= 4 is 17.2 Å². The predicted octanol–water partition coefficient (Wildman–Crippen LogP) is 4.10. The van der Waals surface area contributed by atoms with E-state index in [0.717, 1.165) is 22.9 Å². The van der Waals surface area contributed by atoms with Crippen molar-refractivity contribution in [2.24, 2.45) is 0 Å². The first-order chi connectivity index (χ1) is 11.1. The van der Waals surface area contributed by atoms with Crippen LogP contribution in [-0.2, 0) is 0 Å². The molecule has 1 aliphatic rings. The predicted molar refractivity (Wildman–Crippen MR) is 81.0 cm³/mol. The van der Waals surface area contributed by atoms with Crippen molar-refractivity contribution in [3.63, 3.8) is 0 Å². The minimum absolute atomic E-state index is 0.316. The fraction of sp³-hybridized carbons (Fsp3) is 0.188. The number of rotatable bonds is 1. The van der Waals surface area contributed by atoms with Gasteiger partial charge in [0.15, 0.2) is 10.8 Å². The summed E-state index contributed by atoms with van der Waals surface area (Å²) in [6, 6.07) is 9.17. The van der Waals surface area contributed by atoms with Gasteiger partial charge in [0, 0.05) is 5.56 Å². The third-order valence-corrected chi connectivity index (χ3v) is 3.58. The van der Waals surface area contributed by atoms with Crippen LogP contribution in [0.4, 0.5) is 8.78 Å². The summed E-state index contributed by atoms with van der Waals surface area (Å²) in [6.07, 6.45) is 3.43. The summed E-state index contributed by atoms with van der Waals surface area (Å²) in [7, 11) is 0. The molecule has 7 heteroatoms. The first-order valence-corrected chi connectivity index (χ1v) is 7.31. The lowest BCUT2D eigenvalue weighted by atomic mass is 10.2. The van der Waals surface area contributed by atoms with Gasteiger partial charge >= 0.3 is 0 Å². The standard InChI is InChI=1S/C9H7ClFN3.C7H4FN/c10-7-3-6(5-1-2-5)9-12-4-8(11)14(9)13-7;8-7-3-1-2-6(4-7)5-9/h3-5H,1-2H2;1-4H. The number of halogens is 3. The molecule has 0 bridgehead atoms. The van der Waals surface area contributed by atoms with Gasteiger partial charge in [0.05, 0.1) is 17.8 Å². The lowest BCUT2D eigenvalue weighted by Gasteiger charge is -2.01. The van der Waals surface area contributed by atoms with Gasteiger partial charge in [0.25, 0.3) is 0 Å². The molecule has 0 saturated heterocycles. The molecule has 1 aromatic carbocycles. The van der Waals surface area contributed by atoms with Gasteiger partial charge in [-0.05, 0) is 43.0 Å². The molecule has 3 aromatic rings. The largest absolute Gasteiger partial charge is 0.234 e. The van der Waals surface area contributed by atoms with E-state index < -0.39 is 5.95 Å². The molecule has 2 aromatic heterocycles. The highest BCUT2D eigenvalue weighted by Gasteiger charge is 2.27. The van der Waals surface area contributed by atoms with Crippen LogP contribution >= 0.6 is 11.6 Å². The molecule has 0 radical (unpaired) electrons. The smallest absolute Gasteiger partial charge is 0.232 e. The molecule has 0 N–H and O–H groups in total. The lowest BCUT2D eigenvalue weighted by Crippen LogP contribution is -1.98. The van der Waals surface area contributed by atoms with Crippen LogP contribution in [0.15, 0.2) is 36.5 Å². The van der Waals surface area contributed by atoms with Crippen molar-refractivity contribution in [1.82, 2.24) is 14.6 Å². The maximum Gasteiger partial charge on any atom is 0.234 e. The first kappa shape index (κ1) is 15.4. The average Bonchev–Trinajstić information content (AvgIpc) is 3.32. The number of aromatic nitrogens is 3. The number of nitriles is 1. The third kappa shape index (κ3) is 3.46. The summed E-state index contributed by atoms with van der Waals surface area (Å²) in [4.78, 5) is 3.99. The van der Waals surface area contributed by atoms with Gasteiger partial charge in [-0.3, -0.25) is 0 Å². The summed E-state index contributed by atoms with van der Waals surface area (Å²) in [5.74, 6) is -0.349. The van der Waals surface area contributed by atoms with Crippen LogP contribution in [-0.4, -0.2) is 14.6 Å². The van der Waals surface area contributed by atoms with Crippen LogP contribution < -0.4 is 0 Å². The Hall–Kier alpha value is -2.52. The molecule has 0 aliphatic heterocycles. The van der Waals surface area contributed by atoms with Crippen molar-refractivity contribution in [1.29, 1.82) is 5.26 Å². The van der Waals surface area contributed by atoms with Crippen LogP contribution in [0.2, 0.25) is 5.15 Å². The van der Waals surface area contributed by atoms with Crippen LogP contribution in [0.5, 0.6) is 0 Å². The summed E-state index contributed by atoms with van der Waals surface area (Å²) in [6.45, 7) is 0. The van der Waals surface area contributed by atoms with E-state index in [0.29, 0.717) is 22.3 Å². The highest BCUT2D eigenvalue weighted by atomic mass is 35.5. The average molecular weight is 333 g/mol. The molecule has 116 valence electrons. The van der Waals surface area contributed by atoms with E-state index in [4.69, 9.17) is 16.9 Å². The maximum atomic E-state index is 13.2. The Labute approximate surface area is 136 Å². The first-order valence-electron chi connectivity index (χ1n) is 6.94. The van der Waals surface area contributed by atoms with E-state index in [-0.39, 0.29) is 5.82 Å².